The van der Waals surface area contributed by atoms with E-state index >= 15 is 0 Å². The lowest BCUT2D eigenvalue weighted by Gasteiger charge is -2.08. The van der Waals surface area contributed by atoms with E-state index < -0.39 is 0 Å². The SMILES string of the molecule is C.C.C.C=C(C)ON.C=CC.C=CO.C=Cc1ccccc1.CC.CCC1CCCC1.CCCNCC.CCN1CCCC1.CCNC(C)=O.CCO.CCOC.CCc1ccc(OC)cc1.CCc1ccccc1.CCc1ccccn1.CCc1cccnc1.CSC.Cc1cccc(Cl)c1. The average molecular weight is 1460 g/mol. The third kappa shape index (κ3) is 112. The smallest absolute Gasteiger partial charge is 0.216 e. The van der Waals surface area contributed by atoms with E-state index in [1.807, 2.05) is 170 Å². The fourth-order valence-electron chi connectivity index (χ4n) is 7.10. The quantitative estimate of drug-likeness (QED) is 0.0304. The molecule has 1 aliphatic heterocycles. The van der Waals surface area contributed by atoms with Crippen molar-refractivity contribution in [3.63, 3.8) is 0 Å². The molecule has 6 N–H and O–H groups in total. The molecule has 8 rings (SSSR count). The van der Waals surface area contributed by atoms with Crippen LogP contribution >= 0.6 is 23.4 Å². The second-order valence-electron chi connectivity index (χ2n) is 20.7. The number of hydrogen-bond acceptors (Lipinski definition) is 12. The number of thioether (sulfide) groups is 1. The lowest BCUT2D eigenvalue weighted by molar-refractivity contribution is -0.118. The number of nitrogens with two attached hydrogens (primary N) is 1. The Kier molecular flexibility index (Phi) is 132. The van der Waals surface area contributed by atoms with E-state index in [0.717, 1.165) is 80.6 Å². The molecule has 0 bridgehead atoms. The van der Waals surface area contributed by atoms with Crippen LogP contribution < -0.4 is 21.3 Å². The minimum Gasteiger partial charge on any atom is -0.516 e. The fraction of sp³-hybridized carbons (Fsp3) is 0.511. The highest BCUT2D eigenvalue weighted by Crippen LogP contribution is 2.26. The number of aliphatic hydroxyl groups is 2. The Morgan fingerprint density at radius 3 is 1.36 bits per heavy atom. The van der Waals surface area contributed by atoms with E-state index in [4.69, 9.17) is 26.6 Å². The average Bonchev–Trinajstić information content (AvgIpc) is 1.43. The van der Waals surface area contributed by atoms with Crippen LogP contribution in [-0.2, 0) is 40.1 Å². The molecular weight excluding hydrogens is 1300 g/mol. The molecule has 1 aliphatic carbocycles. The van der Waals surface area contributed by atoms with Crippen LogP contribution in [0.4, 0.5) is 0 Å². The summed E-state index contributed by atoms with van der Waals surface area (Å²) < 4.78 is 9.56. The molecule has 0 radical (unpaired) electrons. The van der Waals surface area contributed by atoms with Crippen molar-refractivity contribution < 1.29 is 29.3 Å². The monoisotopic (exact) mass is 1460 g/mol. The molecule has 2 fully saturated rings. The molecular formula is C88H159ClN6O6S. The summed E-state index contributed by atoms with van der Waals surface area (Å²) in [7, 11) is 3.36. The highest BCUT2D eigenvalue weighted by molar-refractivity contribution is 7.97. The van der Waals surface area contributed by atoms with Crippen LogP contribution in [0.15, 0.2) is 203 Å². The van der Waals surface area contributed by atoms with Crippen LogP contribution in [0, 0.1) is 12.8 Å². The summed E-state index contributed by atoms with van der Waals surface area (Å²) in [5.41, 5.74) is 7.60. The molecule has 4 aromatic carbocycles. The summed E-state index contributed by atoms with van der Waals surface area (Å²) in [5, 5.41) is 21.5. The number of hydrogen-bond donors (Lipinski definition) is 5. The van der Waals surface area contributed by atoms with Crippen molar-refractivity contribution >= 4 is 35.3 Å². The largest absolute Gasteiger partial charge is 0.516 e. The van der Waals surface area contributed by atoms with Crippen molar-refractivity contribution in [1.82, 2.24) is 25.5 Å². The molecule has 102 heavy (non-hydrogen) atoms. The number of nitrogens with zero attached hydrogens (tertiary/aromatic N) is 3. The maximum Gasteiger partial charge on any atom is 0.216 e. The predicted octanol–water partition coefficient (Wildman–Crippen LogP) is 24.5. The van der Waals surface area contributed by atoms with Crippen LogP contribution in [0.1, 0.15) is 218 Å². The van der Waals surface area contributed by atoms with E-state index in [1.54, 1.807) is 52.1 Å². The number of aliphatic hydroxyl groups excluding tert-OH is 2. The van der Waals surface area contributed by atoms with Gasteiger partial charge in [-0.3, -0.25) is 14.8 Å². The number of rotatable bonds is 14. The molecule has 14 heteroatoms. The number of nitrogens with one attached hydrogen (secondary N) is 2. The topological polar surface area (TPSA) is 164 Å². The van der Waals surface area contributed by atoms with Gasteiger partial charge in [0.05, 0.1) is 13.4 Å². The molecule has 1 saturated heterocycles. The summed E-state index contributed by atoms with van der Waals surface area (Å²) in [6.45, 7) is 55.2. The Bertz CT molecular complexity index is 2270. The van der Waals surface area contributed by atoms with Crippen LogP contribution in [-0.4, -0.2) is 110 Å². The van der Waals surface area contributed by atoms with Gasteiger partial charge in [-0.15, -0.1) is 6.58 Å². The molecule has 1 amide bonds. The van der Waals surface area contributed by atoms with E-state index in [0.29, 0.717) is 5.76 Å². The summed E-state index contributed by atoms with van der Waals surface area (Å²) in [6.07, 6.45) is 29.8. The highest BCUT2D eigenvalue weighted by Gasteiger charge is 2.11. The van der Waals surface area contributed by atoms with Gasteiger partial charge in [0.15, 0.2) is 0 Å². The summed E-state index contributed by atoms with van der Waals surface area (Å²) in [5.74, 6) is 7.17. The Labute approximate surface area is 641 Å². The van der Waals surface area contributed by atoms with Gasteiger partial charge in [-0.05, 0) is 208 Å². The first-order valence-electron chi connectivity index (χ1n) is 35.6. The van der Waals surface area contributed by atoms with Crippen LogP contribution in [0.25, 0.3) is 6.08 Å². The van der Waals surface area contributed by atoms with E-state index in [2.05, 4.69) is 165 Å². The van der Waals surface area contributed by atoms with Crippen LogP contribution in [0.3, 0.4) is 0 Å². The van der Waals surface area contributed by atoms with Crippen molar-refractivity contribution in [2.45, 2.75) is 217 Å². The number of carbonyl (C=O) groups is 1. The Morgan fingerprint density at radius 2 is 1.14 bits per heavy atom. The number of halogens is 1. The van der Waals surface area contributed by atoms with Crippen LogP contribution in [0.5, 0.6) is 5.75 Å². The molecule has 0 atom stereocenters. The second kappa shape index (κ2) is 110. The summed E-state index contributed by atoms with van der Waals surface area (Å²) >= 11 is 7.39. The van der Waals surface area contributed by atoms with Gasteiger partial charge in [-0.25, -0.2) is 0 Å². The summed E-state index contributed by atoms with van der Waals surface area (Å²) in [4.78, 5) is 24.5. The lowest BCUT2D eigenvalue weighted by atomic mass is 10.1. The molecule has 1 saturated carbocycles. The number of likely N-dealkylation sites (tertiary alicyclic amines) is 1. The first kappa shape index (κ1) is 122. The third-order valence-electron chi connectivity index (χ3n) is 12.3. The predicted molar refractivity (Wildman–Crippen MR) is 465 cm³/mol. The number of carbonyl (C=O) groups excluding carboxylic acids is 1. The maximum absolute atomic E-state index is 9.93. The summed E-state index contributed by atoms with van der Waals surface area (Å²) in [6, 6.07) is 46.4. The number of aryl methyl sites for hydroxylation is 5. The first-order chi connectivity index (χ1) is 47.8. The first-order valence-corrected chi connectivity index (χ1v) is 37.7. The van der Waals surface area contributed by atoms with E-state index in [-0.39, 0.29) is 34.8 Å². The molecule has 2 aliphatic rings. The number of allylic oxidation sites excluding steroid dienone is 2. The standard InChI is InChI=1S/C9H12O.C8H10.C8H8.C7H7Cl.2C7H9N.C7H14.C6H13N.C5H13N.C4H9NO.C3H7NO.C3H8O.C3H6.C2H6O.C2H4O.C2H6S.C2H6.3CH4/c1-3-8-4-6-9(10-2)7-5-8;2*1-2-8-6-4-3-5-7-8;1-6-3-2-4-7(8)5-6;1-2-7-4-3-5-8-6-7;1-2-7-5-3-4-6-8-7;2*1-2-7-5-3-4-6-7;1-3-5-6-4-2;1-3-5-4(2)6;1-3(2)5-4;1-3-4-2;1-3-2;2*1-2-3;1-3-2;1-2;;;/h4-7H,3H2,1-2H3;3-7H,2H2,1H3;2-7H,1H2;2-5H,1H3;2*3-6H,2H2,1H3;7H,2-6H2,1H3;2-6H2,1H3;6H,3-5H2,1-2H3;3H2,1-2H3,(H,5,6);1,4H2,2H3;3H2,1-2H3;3H,1H2,2H3;3H,2H2,1H3;2-3H,1H2;1-2H3;1-2H3;3*1H4. The van der Waals surface area contributed by atoms with Gasteiger partial charge < -0.3 is 40.1 Å². The van der Waals surface area contributed by atoms with Crippen LogP contribution in [0.2, 0.25) is 5.02 Å². The zero-order valence-electron chi connectivity index (χ0n) is 66.5. The Morgan fingerprint density at radius 1 is 0.686 bits per heavy atom. The van der Waals surface area contributed by atoms with Crippen molar-refractivity contribution in [1.29, 1.82) is 0 Å². The minimum absolute atomic E-state index is 0. The Balaban J connectivity index is -0.0000000854. The van der Waals surface area contributed by atoms with Crippen molar-refractivity contribution in [3.8, 4) is 5.75 Å². The molecule has 6 aromatic rings. The number of ether oxygens (including phenoxy) is 2. The third-order valence-corrected chi connectivity index (χ3v) is 12.6. The maximum atomic E-state index is 9.93. The number of methoxy groups -OCH3 is 2. The zero-order chi connectivity index (χ0) is 77.2. The number of pyridine rings is 2. The number of benzene rings is 4. The van der Waals surface area contributed by atoms with Gasteiger partial charge in [-0.2, -0.15) is 17.7 Å². The molecule has 0 unspecified atom stereocenters. The van der Waals surface area contributed by atoms with Crippen molar-refractivity contribution in [3.05, 3.63) is 241 Å². The molecule has 2 aromatic heterocycles. The van der Waals surface area contributed by atoms with Crippen molar-refractivity contribution in [2.24, 2.45) is 11.8 Å². The van der Waals surface area contributed by atoms with E-state index in [9.17, 15) is 4.79 Å². The zero-order valence-corrected chi connectivity index (χ0v) is 68.1. The minimum atomic E-state index is 0. The molecule has 0 spiro atoms. The van der Waals surface area contributed by atoms with Gasteiger partial charge in [-0.1, -0.05) is 264 Å². The van der Waals surface area contributed by atoms with Gasteiger partial charge in [0.2, 0.25) is 5.91 Å². The molecule has 3 heterocycles. The fourth-order valence-corrected chi connectivity index (χ4v) is 7.35. The normalized spacial score (nSPS) is 9.96. The number of aromatic nitrogens is 2. The van der Waals surface area contributed by atoms with Gasteiger partial charge >= 0.3 is 0 Å². The van der Waals surface area contributed by atoms with E-state index in [1.165, 1.54) is 106 Å². The Hall–Kier alpha value is -6.55. The van der Waals surface area contributed by atoms with Gasteiger partial charge in [0.25, 0.3) is 0 Å². The van der Waals surface area contributed by atoms with Crippen molar-refractivity contribution in [2.75, 3.05) is 79.2 Å². The lowest BCUT2D eigenvalue weighted by Crippen LogP contribution is -2.18. The molecule has 590 valence electrons. The highest BCUT2D eigenvalue weighted by atomic mass is 35.5. The van der Waals surface area contributed by atoms with Gasteiger partial charge in [0.1, 0.15) is 11.5 Å². The van der Waals surface area contributed by atoms with Gasteiger partial charge in [0, 0.05) is 63.1 Å². The second-order valence-corrected chi connectivity index (χ2v) is 21.9. The molecule has 12 nitrogen and oxygen atoms in total. The number of amides is 1.